The highest BCUT2D eigenvalue weighted by molar-refractivity contribution is 7.11. The lowest BCUT2D eigenvalue weighted by molar-refractivity contribution is 0.826. The minimum absolute atomic E-state index is 0.163. The molecule has 5 aromatic carbocycles. The monoisotopic (exact) mass is 674 g/mol. The third-order valence-corrected chi connectivity index (χ3v) is 12.5. The molecule has 1 atom stereocenters. The van der Waals surface area contributed by atoms with Gasteiger partial charge >= 0.3 is 0 Å². The lowest BCUT2D eigenvalue weighted by Crippen LogP contribution is -2.27. The molecule has 3 heteroatoms. The van der Waals surface area contributed by atoms with Gasteiger partial charge in [-0.1, -0.05) is 109 Å². The second-order valence-corrected chi connectivity index (χ2v) is 15.4. The van der Waals surface area contributed by atoms with E-state index in [2.05, 4.69) is 135 Å². The molecule has 1 unspecified atom stereocenters. The largest absolute Gasteiger partial charge is 0.252 e. The molecule has 0 amide bonds. The van der Waals surface area contributed by atoms with Crippen LogP contribution in [0.1, 0.15) is 70.0 Å². The van der Waals surface area contributed by atoms with E-state index in [1.165, 1.54) is 76.3 Å². The van der Waals surface area contributed by atoms with Gasteiger partial charge in [0.15, 0.2) is 0 Å². The van der Waals surface area contributed by atoms with Gasteiger partial charge in [0.1, 0.15) is 0 Å². The fourth-order valence-corrected chi connectivity index (χ4v) is 10.1. The molecule has 2 nitrogen and oxygen atoms in total. The van der Waals surface area contributed by atoms with Gasteiger partial charge in [0.2, 0.25) is 0 Å². The fraction of sp³-hybridized carbons (Fsp3) is 0.167. The van der Waals surface area contributed by atoms with Crippen molar-refractivity contribution in [3.8, 4) is 11.1 Å². The Morgan fingerprint density at radius 2 is 1.47 bits per heavy atom. The van der Waals surface area contributed by atoms with Gasteiger partial charge < -0.3 is 0 Å². The van der Waals surface area contributed by atoms with Crippen molar-refractivity contribution in [2.45, 2.75) is 51.9 Å². The van der Waals surface area contributed by atoms with Crippen LogP contribution in [0.3, 0.4) is 0 Å². The zero-order chi connectivity index (χ0) is 34.1. The molecule has 2 heterocycles. The smallest absolute Gasteiger partial charge is 0.0975 e. The molecule has 246 valence electrons. The Kier molecular flexibility index (Phi) is 7.25. The molecular weight excluding hydrogens is 637 g/mol. The summed E-state index contributed by atoms with van der Waals surface area (Å²) in [6.45, 7) is 4.54. The van der Waals surface area contributed by atoms with E-state index in [0.29, 0.717) is 0 Å². The van der Waals surface area contributed by atoms with Crippen molar-refractivity contribution in [3.05, 3.63) is 164 Å². The summed E-state index contributed by atoms with van der Waals surface area (Å²) in [6, 6.07) is 31.3. The van der Waals surface area contributed by atoms with Crippen LogP contribution in [0.15, 0.2) is 115 Å². The number of nitrogens with zero attached hydrogens (tertiary/aromatic N) is 2. The first-order chi connectivity index (χ1) is 25.1. The van der Waals surface area contributed by atoms with E-state index in [4.69, 9.17) is 9.97 Å². The van der Waals surface area contributed by atoms with E-state index in [-0.39, 0.29) is 5.92 Å². The van der Waals surface area contributed by atoms with Gasteiger partial charge in [-0.3, -0.25) is 4.98 Å². The molecule has 51 heavy (non-hydrogen) atoms. The van der Waals surface area contributed by atoms with Crippen molar-refractivity contribution in [2.24, 2.45) is 0 Å². The van der Waals surface area contributed by atoms with Crippen LogP contribution in [-0.4, -0.2) is 9.97 Å². The molecular formula is C48H38N2S. The van der Waals surface area contributed by atoms with Crippen LogP contribution >= 0.6 is 11.3 Å². The SMILES string of the molecule is Cc1cc(-c2cccc(C3=c4sc5c(c4=CCC3)CCC=C5)c2)c(C)cc1C1=CC=CC(c2cnc3c4ccccc4c4ccccc4c3n2)C1. The normalized spacial score (nSPS) is 16.7. The summed E-state index contributed by atoms with van der Waals surface area (Å²) in [5, 5.41) is 6.28. The fourth-order valence-electron chi connectivity index (χ4n) is 8.74. The zero-order valence-corrected chi connectivity index (χ0v) is 29.9. The molecule has 7 aromatic rings. The van der Waals surface area contributed by atoms with E-state index >= 15 is 0 Å². The highest BCUT2D eigenvalue weighted by Gasteiger charge is 2.21. The van der Waals surface area contributed by atoms with E-state index in [9.17, 15) is 0 Å². The number of thiophene rings is 1. The summed E-state index contributed by atoms with van der Waals surface area (Å²) in [7, 11) is 0. The molecule has 0 bridgehead atoms. The van der Waals surface area contributed by atoms with Crippen molar-refractivity contribution >= 4 is 67.2 Å². The van der Waals surface area contributed by atoms with Crippen LogP contribution < -0.4 is 9.75 Å². The van der Waals surface area contributed by atoms with Crippen molar-refractivity contribution in [1.82, 2.24) is 9.97 Å². The molecule has 3 aliphatic rings. The first-order valence-electron chi connectivity index (χ1n) is 18.3. The third kappa shape index (κ3) is 5.06. The Bertz CT molecular complexity index is 2770. The van der Waals surface area contributed by atoms with E-state index in [0.717, 1.165) is 53.2 Å². The average Bonchev–Trinajstić information content (AvgIpc) is 3.58. The minimum Gasteiger partial charge on any atom is -0.252 e. The molecule has 0 N–H and O–H groups in total. The summed E-state index contributed by atoms with van der Waals surface area (Å²) >= 11 is 1.99. The molecule has 2 aromatic heterocycles. The predicted octanol–water partition coefficient (Wildman–Crippen LogP) is 11.1. The molecule has 3 aliphatic carbocycles. The first kappa shape index (κ1) is 30.4. The number of hydrogen-bond donors (Lipinski definition) is 0. The summed E-state index contributed by atoms with van der Waals surface area (Å²) in [4.78, 5) is 11.9. The average molecular weight is 675 g/mol. The third-order valence-electron chi connectivity index (χ3n) is 11.3. The Morgan fingerprint density at radius 3 is 2.31 bits per heavy atom. The standard InChI is InChI=1S/C48H38N2S/c1-29-25-43(30(2)24-42(29)32-13-9-12-31(26-32)35-21-11-22-41-38-18-7-8-23-45(38)51-48(35)41)33-14-10-15-34(27-33)44-28-49-46-39-19-5-3-16-36(39)37-17-4-6-20-40(37)47(46)50-44/h3-6,8-10,12-17,19-20,22-26,28,34H,7,11,18,21,27H2,1-2H3. The maximum Gasteiger partial charge on any atom is 0.0975 e. The van der Waals surface area contributed by atoms with Crippen LogP contribution in [-0.2, 0) is 6.42 Å². The van der Waals surface area contributed by atoms with Gasteiger partial charge in [0.05, 0.1) is 16.7 Å². The van der Waals surface area contributed by atoms with Crippen LogP contribution in [0.2, 0.25) is 0 Å². The number of aromatic nitrogens is 2. The summed E-state index contributed by atoms with van der Waals surface area (Å²) in [5.41, 5.74) is 15.3. The van der Waals surface area contributed by atoms with Crippen molar-refractivity contribution in [3.63, 3.8) is 0 Å². The van der Waals surface area contributed by atoms with Gasteiger partial charge in [-0.05, 0) is 124 Å². The van der Waals surface area contributed by atoms with Crippen molar-refractivity contribution in [1.29, 1.82) is 0 Å². The van der Waals surface area contributed by atoms with Crippen molar-refractivity contribution in [2.75, 3.05) is 0 Å². The van der Waals surface area contributed by atoms with Gasteiger partial charge in [-0.15, -0.1) is 11.3 Å². The Hall–Kier alpha value is -5.38. The first-order valence-corrected chi connectivity index (χ1v) is 19.1. The van der Waals surface area contributed by atoms with Gasteiger partial charge in [0.25, 0.3) is 0 Å². The number of hydrogen-bond acceptors (Lipinski definition) is 3. The Morgan fingerprint density at radius 1 is 0.725 bits per heavy atom. The Labute approximate surface area is 302 Å². The zero-order valence-electron chi connectivity index (χ0n) is 29.0. The molecule has 0 aliphatic heterocycles. The predicted molar refractivity (Wildman–Crippen MR) is 218 cm³/mol. The van der Waals surface area contributed by atoms with Crippen LogP contribution in [0.5, 0.6) is 0 Å². The van der Waals surface area contributed by atoms with Crippen LogP contribution in [0.4, 0.5) is 0 Å². The van der Waals surface area contributed by atoms with E-state index < -0.39 is 0 Å². The number of rotatable bonds is 4. The second-order valence-electron chi connectivity index (χ2n) is 14.4. The van der Waals surface area contributed by atoms with Gasteiger partial charge in [-0.25, -0.2) is 4.98 Å². The highest BCUT2D eigenvalue weighted by Crippen LogP contribution is 2.39. The summed E-state index contributed by atoms with van der Waals surface area (Å²) < 4.78 is 1.49. The maximum absolute atomic E-state index is 5.33. The highest BCUT2D eigenvalue weighted by atomic mass is 32.1. The van der Waals surface area contributed by atoms with Crippen LogP contribution in [0.25, 0.3) is 67.0 Å². The quantitative estimate of drug-likeness (QED) is 0.174. The summed E-state index contributed by atoms with van der Waals surface area (Å²) in [6.07, 6.45) is 21.4. The lowest BCUT2D eigenvalue weighted by Gasteiger charge is -2.22. The second kappa shape index (κ2) is 12.1. The van der Waals surface area contributed by atoms with E-state index in [1.54, 1.807) is 5.56 Å². The number of allylic oxidation sites excluding steroid dienone is 5. The molecule has 0 fully saturated rings. The molecule has 0 radical (unpaired) electrons. The molecule has 0 saturated carbocycles. The van der Waals surface area contributed by atoms with E-state index in [1.807, 2.05) is 17.5 Å². The Balaban J connectivity index is 0.983. The minimum atomic E-state index is 0.163. The number of fused-ring (bicyclic) bond motifs is 9. The van der Waals surface area contributed by atoms with Gasteiger partial charge in [-0.2, -0.15) is 0 Å². The van der Waals surface area contributed by atoms with Crippen molar-refractivity contribution < 1.29 is 0 Å². The molecule has 0 saturated heterocycles. The number of aryl methyl sites for hydroxylation is 2. The lowest BCUT2D eigenvalue weighted by atomic mass is 9.84. The number of benzene rings is 5. The summed E-state index contributed by atoms with van der Waals surface area (Å²) in [5.74, 6) is 0.163. The molecule has 10 rings (SSSR count). The molecule has 0 spiro atoms. The van der Waals surface area contributed by atoms with Crippen LogP contribution in [0, 0.1) is 13.8 Å². The van der Waals surface area contributed by atoms with Gasteiger partial charge in [0, 0.05) is 32.3 Å². The maximum atomic E-state index is 5.33. The topological polar surface area (TPSA) is 25.8 Å².